The highest BCUT2D eigenvalue weighted by molar-refractivity contribution is 8.02. The van der Waals surface area contributed by atoms with Gasteiger partial charge in [-0.3, -0.25) is 10.1 Å². The summed E-state index contributed by atoms with van der Waals surface area (Å²) in [6, 6.07) is 13.4. The van der Waals surface area contributed by atoms with Gasteiger partial charge in [-0.1, -0.05) is 29.5 Å². The second-order valence-electron chi connectivity index (χ2n) is 4.82. The topological polar surface area (TPSA) is 69.4 Å². The molecule has 0 radical (unpaired) electrons. The predicted molar refractivity (Wildman–Crippen MR) is 93.1 cm³/mol. The Morgan fingerprint density at radius 3 is 2.50 bits per heavy atom. The zero-order chi connectivity index (χ0) is 17.4. The molecule has 0 atom stereocenters. The van der Waals surface area contributed by atoms with Crippen molar-refractivity contribution >= 4 is 23.4 Å². The summed E-state index contributed by atoms with van der Waals surface area (Å²) in [7, 11) is 0. The van der Waals surface area contributed by atoms with Gasteiger partial charge in [-0.15, -0.1) is 5.73 Å². The van der Waals surface area contributed by atoms with Gasteiger partial charge >= 0.3 is 5.97 Å². The van der Waals surface area contributed by atoms with E-state index in [1.807, 2.05) is 19.1 Å². The molecule has 5 nitrogen and oxygen atoms in total. The minimum Gasteiger partial charge on any atom is -0.457 e. The van der Waals surface area contributed by atoms with Crippen LogP contribution in [0.3, 0.4) is 0 Å². The molecule has 2 aromatic rings. The lowest BCUT2D eigenvalue weighted by atomic mass is 10.1. The van der Waals surface area contributed by atoms with E-state index in [4.69, 9.17) is 4.74 Å². The number of carbonyl (C=O) groups is 1. The zero-order valence-corrected chi connectivity index (χ0v) is 13.8. The van der Waals surface area contributed by atoms with E-state index < -0.39 is 4.92 Å². The van der Waals surface area contributed by atoms with Gasteiger partial charge in [0.15, 0.2) is 0 Å². The van der Waals surface area contributed by atoms with Gasteiger partial charge in [0.25, 0.3) is 5.69 Å². The molecular weight excluding hydrogens is 326 g/mol. The van der Waals surface area contributed by atoms with Crippen molar-refractivity contribution in [2.24, 2.45) is 0 Å². The highest BCUT2D eigenvalue weighted by atomic mass is 32.2. The molecule has 6 heteroatoms. The summed E-state index contributed by atoms with van der Waals surface area (Å²) < 4.78 is 5.10. The Morgan fingerprint density at radius 1 is 1.21 bits per heavy atom. The van der Waals surface area contributed by atoms with Crippen molar-refractivity contribution in [2.75, 3.05) is 6.61 Å². The molecule has 0 unspecified atom stereocenters. The van der Waals surface area contributed by atoms with E-state index in [0.717, 1.165) is 10.5 Å². The van der Waals surface area contributed by atoms with Crippen LogP contribution in [-0.2, 0) is 4.74 Å². The molecule has 0 aromatic heterocycles. The molecule has 0 aliphatic carbocycles. The molecule has 0 N–H and O–H groups in total. The summed E-state index contributed by atoms with van der Waals surface area (Å²) in [5, 5.41) is 12.2. The van der Waals surface area contributed by atoms with Crippen molar-refractivity contribution in [3.8, 4) is 0 Å². The number of nitro benzene ring substituents is 1. The Balaban J connectivity index is 1.79. The fraction of sp³-hybridized carbons (Fsp3) is 0.111. The van der Waals surface area contributed by atoms with E-state index in [9.17, 15) is 14.9 Å². The SMILES string of the molecule is Cc1ccc(C(=O)OCC=C=CSc2ccc([N+](=O)[O-])cc2)cc1. The molecule has 0 heterocycles. The molecule has 0 saturated heterocycles. The number of rotatable bonds is 6. The summed E-state index contributed by atoms with van der Waals surface area (Å²) in [5.74, 6) is -0.379. The second-order valence-corrected chi connectivity index (χ2v) is 5.76. The average molecular weight is 341 g/mol. The van der Waals surface area contributed by atoms with Gasteiger partial charge < -0.3 is 4.74 Å². The van der Waals surface area contributed by atoms with Crippen LogP contribution in [0.5, 0.6) is 0 Å². The Morgan fingerprint density at radius 2 is 1.88 bits per heavy atom. The third-order valence-corrected chi connectivity index (χ3v) is 3.81. The largest absolute Gasteiger partial charge is 0.457 e. The van der Waals surface area contributed by atoms with Gasteiger partial charge in [-0.25, -0.2) is 4.79 Å². The monoisotopic (exact) mass is 341 g/mol. The fourth-order valence-corrected chi connectivity index (χ4v) is 2.33. The van der Waals surface area contributed by atoms with Crippen LogP contribution in [-0.4, -0.2) is 17.5 Å². The van der Waals surface area contributed by atoms with Crippen molar-refractivity contribution in [1.82, 2.24) is 0 Å². The number of non-ortho nitro benzene ring substituents is 1. The summed E-state index contributed by atoms with van der Waals surface area (Å²) in [6.07, 6.45) is 1.60. The minimum absolute atomic E-state index is 0.0573. The van der Waals surface area contributed by atoms with Crippen LogP contribution >= 0.6 is 11.8 Å². The van der Waals surface area contributed by atoms with Crippen molar-refractivity contribution in [2.45, 2.75) is 11.8 Å². The van der Waals surface area contributed by atoms with E-state index >= 15 is 0 Å². The lowest BCUT2D eigenvalue weighted by Crippen LogP contribution is -2.04. The lowest BCUT2D eigenvalue weighted by molar-refractivity contribution is -0.384. The van der Waals surface area contributed by atoms with Crippen LogP contribution in [0.4, 0.5) is 5.69 Å². The maximum Gasteiger partial charge on any atom is 0.338 e. The molecule has 0 aliphatic heterocycles. The number of hydrogen-bond donors (Lipinski definition) is 0. The molecular formula is C18H15NO4S. The van der Waals surface area contributed by atoms with E-state index in [0.29, 0.717) is 5.56 Å². The van der Waals surface area contributed by atoms with E-state index in [-0.39, 0.29) is 18.3 Å². The Kier molecular flexibility index (Phi) is 6.37. The first-order valence-electron chi connectivity index (χ1n) is 7.10. The second kappa shape index (κ2) is 8.72. The van der Waals surface area contributed by atoms with Crippen LogP contribution in [0.1, 0.15) is 15.9 Å². The van der Waals surface area contributed by atoms with Crippen LogP contribution in [0.2, 0.25) is 0 Å². The summed E-state index contributed by atoms with van der Waals surface area (Å²) >= 11 is 1.37. The number of ether oxygens (including phenoxy) is 1. The van der Waals surface area contributed by atoms with Crippen molar-refractivity contribution in [3.05, 3.63) is 87.0 Å². The molecule has 24 heavy (non-hydrogen) atoms. The maximum absolute atomic E-state index is 11.8. The third kappa shape index (κ3) is 5.43. The van der Waals surface area contributed by atoms with Crippen molar-refractivity contribution in [1.29, 1.82) is 0 Å². The number of nitro groups is 1. The number of nitrogens with zero attached hydrogens (tertiary/aromatic N) is 1. The Labute approximate surface area is 143 Å². The minimum atomic E-state index is -0.438. The van der Waals surface area contributed by atoms with E-state index in [1.54, 1.807) is 35.7 Å². The fourth-order valence-electron chi connectivity index (χ4n) is 1.74. The number of carbonyl (C=O) groups excluding carboxylic acids is 1. The first kappa shape index (κ1) is 17.5. The quantitative estimate of drug-likeness (QED) is 0.254. The molecule has 0 aliphatic rings. The molecule has 0 amide bonds. The smallest absolute Gasteiger partial charge is 0.338 e. The summed E-state index contributed by atoms with van der Waals surface area (Å²) in [6.45, 7) is 2.08. The molecule has 0 saturated carbocycles. The number of esters is 1. The van der Waals surface area contributed by atoms with Gasteiger partial charge in [-0.2, -0.15) is 0 Å². The van der Waals surface area contributed by atoms with Gasteiger partial charge in [0.2, 0.25) is 0 Å². The molecule has 2 rings (SSSR count). The molecule has 0 fully saturated rings. The third-order valence-electron chi connectivity index (χ3n) is 3.01. The van der Waals surface area contributed by atoms with Gasteiger partial charge in [0, 0.05) is 22.4 Å². The molecule has 2 aromatic carbocycles. The number of aryl methyl sites for hydroxylation is 1. The zero-order valence-electron chi connectivity index (χ0n) is 13.0. The number of thioether (sulfide) groups is 1. The lowest BCUT2D eigenvalue weighted by Gasteiger charge is -2.01. The number of benzene rings is 2. The van der Waals surface area contributed by atoms with E-state index in [1.165, 1.54) is 23.9 Å². The highest BCUT2D eigenvalue weighted by Gasteiger charge is 2.05. The van der Waals surface area contributed by atoms with Crippen LogP contribution in [0, 0.1) is 17.0 Å². The normalized spacial score (nSPS) is 9.71. The van der Waals surface area contributed by atoms with Gasteiger partial charge in [-0.05, 0) is 37.3 Å². The first-order valence-corrected chi connectivity index (χ1v) is 7.98. The highest BCUT2D eigenvalue weighted by Crippen LogP contribution is 2.21. The Bertz CT molecular complexity index is 776. The molecule has 122 valence electrons. The predicted octanol–water partition coefficient (Wildman–Crippen LogP) is 4.52. The van der Waals surface area contributed by atoms with Crippen LogP contribution < -0.4 is 0 Å². The molecule has 0 spiro atoms. The van der Waals surface area contributed by atoms with Gasteiger partial charge in [0.05, 0.1) is 10.5 Å². The van der Waals surface area contributed by atoms with Crippen LogP contribution in [0.25, 0.3) is 0 Å². The standard InChI is InChI=1S/C18H15NO4S/c1-14-4-6-15(7-5-14)18(20)23-12-2-3-13-24-17-10-8-16(9-11-17)19(21)22/h2,4-11,13H,12H2,1H3. The van der Waals surface area contributed by atoms with Crippen LogP contribution in [0.15, 0.2) is 70.6 Å². The summed E-state index contributed by atoms with van der Waals surface area (Å²) in [5.41, 5.74) is 4.54. The molecule has 0 bridgehead atoms. The van der Waals surface area contributed by atoms with E-state index in [2.05, 4.69) is 5.73 Å². The van der Waals surface area contributed by atoms with Gasteiger partial charge in [0.1, 0.15) is 6.61 Å². The maximum atomic E-state index is 11.8. The summed E-state index contributed by atoms with van der Waals surface area (Å²) in [4.78, 5) is 22.7. The average Bonchev–Trinajstić information content (AvgIpc) is 2.58. The first-order chi connectivity index (χ1) is 11.6. The van der Waals surface area contributed by atoms with Crippen molar-refractivity contribution in [3.63, 3.8) is 0 Å². The Hall–Kier alpha value is -2.82. The number of hydrogen-bond acceptors (Lipinski definition) is 5. The van der Waals surface area contributed by atoms with Crippen molar-refractivity contribution < 1.29 is 14.5 Å².